The fraction of sp³-hybridized carbons (Fsp3) is 0.524. The summed E-state index contributed by atoms with van der Waals surface area (Å²) in [6.07, 6.45) is 2.88. The minimum atomic E-state index is -0.0436. The lowest BCUT2D eigenvalue weighted by Crippen LogP contribution is -2.44. The summed E-state index contributed by atoms with van der Waals surface area (Å²) in [7, 11) is 0. The Morgan fingerprint density at radius 3 is 2.71 bits per heavy atom. The first kappa shape index (κ1) is 20.7. The molecule has 3 rings (SSSR count). The number of aliphatic imine (C=N–C) groups is 1. The number of aromatic nitrogens is 1. The van der Waals surface area contributed by atoms with Crippen molar-refractivity contribution in [2.75, 3.05) is 24.5 Å². The summed E-state index contributed by atoms with van der Waals surface area (Å²) in [4.78, 5) is 11.4. The largest absolute Gasteiger partial charge is 0.443 e. The van der Waals surface area contributed by atoms with E-state index in [0.29, 0.717) is 18.5 Å². The van der Waals surface area contributed by atoms with Crippen molar-refractivity contribution < 1.29 is 4.42 Å². The minimum Gasteiger partial charge on any atom is -0.443 e. The van der Waals surface area contributed by atoms with Crippen molar-refractivity contribution in [3.63, 3.8) is 0 Å². The zero-order valence-electron chi connectivity index (χ0n) is 17.1. The standard InChI is InChI=1S/C21H30BrN5O/c1-5-23-20(25-13-19-24-12-18(28-19)21(2,3)4)26-16-10-11-27(14-16)17-8-6-15(22)7-9-17/h6-9,12,16H,5,10-11,13-14H2,1-4H3,(H2,23,25,26). The highest BCUT2D eigenvalue weighted by atomic mass is 79.9. The molecule has 1 fully saturated rings. The highest BCUT2D eigenvalue weighted by Crippen LogP contribution is 2.23. The predicted molar refractivity (Wildman–Crippen MR) is 118 cm³/mol. The molecule has 6 nitrogen and oxygen atoms in total. The first-order valence-corrected chi connectivity index (χ1v) is 10.6. The monoisotopic (exact) mass is 447 g/mol. The van der Waals surface area contributed by atoms with Gasteiger partial charge in [0.05, 0.1) is 6.20 Å². The topological polar surface area (TPSA) is 65.7 Å². The van der Waals surface area contributed by atoms with E-state index in [1.807, 2.05) is 0 Å². The average Bonchev–Trinajstić information content (AvgIpc) is 3.30. The van der Waals surface area contributed by atoms with Gasteiger partial charge < -0.3 is 20.0 Å². The molecule has 0 aliphatic carbocycles. The lowest BCUT2D eigenvalue weighted by molar-refractivity contribution is 0.383. The first-order chi connectivity index (χ1) is 13.3. The molecule has 0 radical (unpaired) electrons. The van der Waals surface area contributed by atoms with Crippen LogP contribution in [-0.2, 0) is 12.0 Å². The number of rotatable bonds is 5. The molecule has 1 saturated heterocycles. The molecule has 2 aromatic rings. The summed E-state index contributed by atoms with van der Waals surface area (Å²) in [5.74, 6) is 2.34. The van der Waals surface area contributed by atoms with E-state index in [-0.39, 0.29) is 5.41 Å². The van der Waals surface area contributed by atoms with Gasteiger partial charge in [0.1, 0.15) is 12.3 Å². The maximum atomic E-state index is 5.85. The SMILES string of the molecule is CCNC(=NCc1ncc(C(C)(C)C)o1)NC1CCN(c2ccc(Br)cc2)C1. The van der Waals surface area contributed by atoms with Gasteiger partial charge in [-0.25, -0.2) is 9.98 Å². The molecular weight excluding hydrogens is 418 g/mol. The molecule has 1 aromatic heterocycles. The van der Waals surface area contributed by atoms with E-state index in [2.05, 4.69) is 93.4 Å². The molecule has 2 heterocycles. The number of guanidine groups is 1. The fourth-order valence-corrected chi connectivity index (χ4v) is 3.42. The zero-order valence-corrected chi connectivity index (χ0v) is 18.7. The summed E-state index contributed by atoms with van der Waals surface area (Å²) in [5.41, 5.74) is 1.21. The number of nitrogens with zero attached hydrogens (tertiary/aromatic N) is 3. The second-order valence-electron chi connectivity index (χ2n) is 8.12. The molecule has 0 saturated carbocycles. The summed E-state index contributed by atoms with van der Waals surface area (Å²) in [6.45, 7) is 11.6. The van der Waals surface area contributed by atoms with E-state index in [9.17, 15) is 0 Å². The van der Waals surface area contributed by atoms with Crippen LogP contribution in [0.4, 0.5) is 5.69 Å². The Morgan fingerprint density at radius 2 is 2.07 bits per heavy atom. The molecule has 0 amide bonds. The van der Waals surface area contributed by atoms with Crippen LogP contribution in [0.3, 0.4) is 0 Å². The zero-order chi connectivity index (χ0) is 20.1. The van der Waals surface area contributed by atoms with Crippen molar-refractivity contribution in [2.45, 2.75) is 52.1 Å². The lowest BCUT2D eigenvalue weighted by Gasteiger charge is -2.20. The van der Waals surface area contributed by atoms with Crippen LogP contribution >= 0.6 is 15.9 Å². The number of hydrogen-bond donors (Lipinski definition) is 2. The van der Waals surface area contributed by atoms with E-state index in [4.69, 9.17) is 4.42 Å². The summed E-state index contributed by atoms with van der Waals surface area (Å²) in [6, 6.07) is 8.84. The number of halogens is 1. The molecule has 1 atom stereocenters. The van der Waals surface area contributed by atoms with Crippen molar-refractivity contribution >= 4 is 27.6 Å². The van der Waals surface area contributed by atoms with Gasteiger partial charge in [-0.2, -0.15) is 0 Å². The second-order valence-corrected chi connectivity index (χ2v) is 9.03. The molecule has 0 spiro atoms. The third-order valence-electron chi connectivity index (χ3n) is 4.73. The highest BCUT2D eigenvalue weighted by molar-refractivity contribution is 9.10. The molecule has 1 aliphatic heterocycles. The molecule has 7 heteroatoms. The third kappa shape index (κ3) is 5.50. The van der Waals surface area contributed by atoms with Gasteiger partial charge in [0.2, 0.25) is 5.89 Å². The number of nitrogens with one attached hydrogen (secondary N) is 2. The van der Waals surface area contributed by atoms with Gasteiger partial charge in [0, 0.05) is 41.3 Å². The molecular formula is C21H30BrN5O. The fourth-order valence-electron chi connectivity index (χ4n) is 3.15. The van der Waals surface area contributed by atoms with E-state index in [0.717, 1.165) is 42.2 Å². The lowest BCUT2D eigenvalue weighted by atomic mass is 9.94. The van der Waals surface area contributed by atoms with Gasteiger partial charge in [0.15, 0.2) is 5.96 Å². The Balaban J connectivity index is 1.59. The van der Waals surface area contributed by atoms with Gasteiger partial charge in [-0.05, 0) is 37.6 Å². The van der Waals surface area contributed by atoms with E-state index in [1.54, 1.807) is 6.20 Å². The maximum Gasteiger partial charge on any atom is 0.216 e. The van der Waals surface area contributed by atoms with Gasteiger partial charge in [-0.1, -0.05) is 36.7 Å². The molecule has 1 aromatic carbocycles. The predicted octanol–water partition coefficient (Wildman–Crippen LogP) is 4.07. The van der Waals surface area contributed by atoms with Crippen molar-refractivity contribution in [2.24, 2.45) is 4.99 Å². The van der Waals surface area contributed by atoms with Gasteiger partial charge in [-0.15, -0.1) is 0 Å². The molecule has 28 heavy (non-hydrogen) atoms. The Hall–Kier alpha value is -2.02. The maximum absolute atomic E-state index is 5.85. The highest BCUT2D eigenvalue weighted by Gasteiger charge is 2.23. The van der Waals surface area contributed by atoms with Crippen LogP contribution in [0.15, 0.2) is 44.3 Å². The van der Waals surface area contributed by atoms with Crippen molar-refractivity contribution in [1.82, 2.24) is 15.6 Å². The van der Waals surface area contributed by atoms with Crippen LogP contribution in [-0.4, -0.2) is 36.6 Å². The molecule has 1 aliphatic rings. The van der Waals surface area contributed by atoms with E-state index >= 15 is 0 Å². The number of anilines is 1. The van der Waals surface area contributed by atoms with Crippen molar-refractivity contribution in [1.29, 1.82) is 0 Å². The smallest absolute Gasteiger partial charge is 0.216 e. The van der Waals surface area contributed by atoms with Crippen molar-refractivity contribution in [3.05, 3.63) is 46.6 Å². The van der Waals surface area contributed by atoms with Crippen LogP contribution in [0, 0.1) is 0 Å². The van der Waals surface area contributed by atoms with Crippen LogP contribution in [0.2, 0.25) is 0 Å². The van der Waals surface area contributed by atoms with E-state index < -0.39 is 0 Å². The average molecular weight is 448 g/mol. The Bertz CT molecular complexity index is 794. The van der Waals surface area contributed by atoms with Crippen molar-refractivity contribution in [3.8, 4) is 0 Å². The second kappa shape index (κ2) is 8.99. The van der Waals surface area contributed by atoms with Crippen LogP contribution < -0.4 is 15.5 Å². The normalized spacial score (nSPS) is 17.8. The number of oxazole rings is 1. The number of hydrogen-bond acceptors (Lipinski definition) is 4. The molecule has 1 unspecified atom stereocenters. The van der Waals surface area contributed by atoms with Crippen LogP contribution in [0.1, 0.15) is 45.8 Å². The van der Waals surface area contributed by atoms with Gasteiger partial charge in [-0.3, -0.25) is 0 Å². The molecule has 0 bridgehead atoms. The third-order valence-corrected chi connectivity index (χ3v) is 5.26. The summed E-state index contributed by atoms with van der Waals surface area (Å²) >= 11 is 3.50. The Kier molecular flexibility index (Phi) is 6.65. The van der Waals surface area contributed by atoms with E-state index in [1.165, 1.54) is 5.69 Å². The molecule has 2 N–H and O–H groups in total. The Morgan fingerprint density at radius 1 is 1.32 bits per heavy atom. The first-order valence-electron chi connectivity index (χ1n) is 9.85. The van der Waals surface area contributed by atoms with Crippen LogP contribution in [0.5, 0.6) is 0 Å². The van der Waals surface area contributed by atoms with Crippen LogP contribution in [0.25, 0.3) is 0 Å². The summed E-state index contributed by atoms with van der Waals surface area (Å²) < 4.78 is 6.95. The Labute approximate surface area is 175 Å². The summed E-state index contributed by atoms with van der Waals surface area (Å²) in [5, 5.41) is 6.88. The van der Waals surface area contributed by atoms with Gasteiger partial charge >= 0.3 is 0 Å². The molecule has 152 valence electrons. The minimum absolute atomic E-state index is 0.0436. The van der Waals surface area contributed by atoms with Gasteiger partial charge in [0.25, 0.3) is 0 Å². The quantitative estimate of drug-likeness (QED) is 0.534. The number of benzene rings is 1.